The van der Waals surface area contributed by atoms with Crippen LogP contribution in [0.4, 0.5) is 18.9 Å². The average Bonchev–Trinajstić information content (AvgIpc) is 2.78. The molecular formula is C24H23ClF3N3O. The molecular weight excluding hydrogens is 439 g/mol. The summed E-state index contributed by atoms with van der Waals surface area (Å²) in [6.45, 7) is 0. The normalized spacial score (nSPS) is 19.0. The number of hydrogen-bond acceptors (Lipinski definition) is 3. The maximum Gasteiger partial charge on any atom is 0.433 e. The molecule has 0 aliphatic heterocycles. The van der Waals surface area contributed by atoms with E-state index >= 15 is 0 Å². The zero-order valence-electron chi connectivity index (χ0n) is 17.5. The molecule has 0 radical (unpaired) electrons. The van der Waals surface area contributed by atoms with Crippen LogP contribution in [0, 0.1) is 0 Å². The number of benzene rings is 2. The number of pyridine rings is 1. The lowest BCUT2D eigenvalue weighted by Crippen LogP contribution is -2.43. The monoisotopic (exact) mass is 461 g/mol. The lowest BCUT2D eigenvalue weighted by Gasteiger charge is -2.37. The van der Waals surface area contributed by atoms with Crippen molar-refractivity contribution in [1.29, 1.82) is 0 Å². The summed E-state index contributed by atoms with van der Waals surface area (Å²) in [5, 5.41) is 4.10. The number of anilines is 1. The van der Waals surface area contributed by atoms with Crippen molar-refractivity contribution in [2.24, 2.45) is 0 Å². The standard InChI is InChI=1S/C24H23ClF3N3O/c1-31(18-10-8-17(9-11-18)29-23(32)15-5-3-2-4-6-15)21-14-22(24(26,27)28)30-20-12-7-16(25)13-19(20)21/h2-7,12-14,17-18H,8-11H2,1H3,(H,29,32). The van der Waals surface area contributed by atoms with Crippen LogP contribution in [0.1, 0.15) is 41.7 Å². The van der Waals surface area contributed by atoms with Gasteiger partial charge in [0.05, 0.1) is 5.52 Å². The van der Waals surface area contributed by atoms with Crippen molar-refractivity contribution in [3.05, 3.63) is 70.9 Å². The topological polar surface area (TPSA) is 45.2 Å². The van der Waals surface area contributed by atoms with E-state index in [4.69, 9.17) is 11.6 Å². The van der Waals surface area contributed by atoms with Crippen molar-refractivity contribution >= 4 is 34.1 Å². The van der Waals surface area contributed by atoms with E-state index in [9.17, 15) is 18.0 Å². The Labute approximate surface area is 189 Å². The molecule has 4 nitrogen and oxygen atoms in total. The number of halogens is 4. The van der Waals surface area contributed by atoms with Crippen LogP contribution in [-0.2, 0) is 6.18 Å². The molecule has 168 valence electrons. The second-order valence-corrected chi connectivity index (χ2v) is 8.58. The lowest BCUT2D eigenvalue weighted by atomic mass is 9.89. The van der Waals surface area contributed by atoms with Crippen molar-refractivity contribution in [3.63, 3.8) is 0 Å². The molecule has 2 aromatic carbocycles. The zero-order chi connectivity index (χ0) is 22.9. The maximum absolute atomic E-state index is 13.4. The van der Waals surface area contributed by atoms with Gasteiger partial charge >= 0.3 is 6.18 Å². The summed E-state index contributed by atoms with van der Waals surface area (Å²) in [5.41, 5.74) is 0.418. The molecule has 3 aromatic rings. The van der Waals surface area contributed by atoms with Crippen molar-refractivity contribution in [3.8, 4) is 0 Å². The van der Waals surface area contributed by atoms with Crippen molar-refractivity contribution in [2.75, 3.05) is 11.9 Å². The number of rotatable bonds is 4. The number of nitrogens with zero attached hydrogens (tertiary/aromatic N) is 2. The van der Waals surface area contributed by atoms with Crippen LogP contribution >= 0.6 is 11.6 Å². The molecule has 1 heterocycles. The molecule has 1 saturated carbocycles. The molecule has 1 N–H and O–H groups in total. The summed E-state index contributed by atoms with van der Waals surface area (Å²) in [7, 11) is 1.81. The molecule has 1 fully saturated rings. The highest BCUT2D eigenvalue weighted by Crippen LogP contribution is 2.37. The number of carbonyl (C=O) groups is 1. The second-order valence-electron chi connectivity index (χ2n) is 8.14. The van der Waals surface area contributed by atoms with E-state index in [0.29, 0.717) is 21.7 Å². The molecule has 0 bridgehead atoms. The Morgan fingerprint density at radius 2 is 1.75 bits per heavy atom. The molecule has 1 amide bonds. The van der Waals surface area contributed by atoms with E-state index in [1.807, 2.05) is 30.1 Å². The van der Waals surface area contributed by atoms with Gasteiger partial charge < -0.3 is 10.2 Å². The fourth-order valence-corrected chi connectivity index (χ4v) is 4.45. The van der Waals surface area contributed by atoms with Gasteiger partial charge in [0.1, 0.15) is 5.69 Å². The van der Waals surface area contributed by atoms with E-state index in [-0.39, 0.29) is 23.5 Å². The Hall–Kier alpha value is -2.80. The third-order valence-electron chi connectivity index (χ3n) is 6.03. The first kappa shape index (κ1) is 22.4. The summed E-state index contributed by atoms with van der Waals surface area (Å²) >= 11 is 6.12. The largest absolute Gasteiger partial charge is 0.433 e. The summed E-state index contributed by atoms with van der Waals surface area (Å²) in [6, 6.07) is 14.9. The fourth-order valence-electron chi connectivity index (χ4n) is 4.28. The van der Waals surface area contributed by atoms with Gasteiger partial charge in [-0.3, -0.25) is 4.79 Å². The first-order chi connectivity index (χ1) is 15.2. The molecule has 1 aliphatic carbocycles. The van der Waals surface area contributed by atoms with Crippen molar-refractivity contribution in [1.82, 2.24) is 10.3 Å². The molecule has 0 atom stereocenters. The second kappa shape index (κ2) is 8.98. The third kappa shape index (κ3) is 4.83. The molecule has 0 unspecified atom stereocenters. The highest BCUT2D eigenvalue weighted by Gasteiger charge is 2.34. The van der Waals surface area contributed by atoms with Crippen LogP contribution in [0.25, 0.3) is 10.9 Å². The Morgan fingerprint density at radius 3 is 2.41 bits per heavy atom. The van der Waals surface area contributed by atoms with Crippen LogP contribution in [0.5, 0.6) is 0 Å². The molecule has 1 aromatic heterocycles. The average molecular weight is 462 g/mol. The molecule has 32 heavy (non-hydrogen) atoms. The van der Waals surface area contributed by atoms with Gasteiger partial charge in [0, 0.05) is 40.8 Å². The van der Waals surface area contributed by atoms with Gasteiger partial charge in [0.15, 0.2) is 0 Å². The molecule has 0 spiro atoms. The van der Waals surface area contributed by atoms with Crippen LogP contribution in [0.3, 0.4) is 0 Å². The van der Waals surface area contributed by atoms with Crippen LogP contribution < -0.4 is 10.2 Å². The zero-order valence-corrected chi connectivity index (χ0v) is 18.2. The quantitative estimate of drug-likeness (QED) is 0.511. The van der Waals surface area contributed by atoms with Crippen LogP contribution in [-0.4, -0.2) is 30.0 Å². The highest BCUT2D eigenvalue weighted by molar-refractivity contribution is 6.31. The fraction of sp³-hybridized carbons (Fsp3) is 0.333. The number of alkyl halides is 3. The molecule has 0 saturated heterocycles. The SMILES string of the molecule is CN(c1cc(C(F)(F)F)nc2ccc(Cl)cc12)C1CCC(NC(=O)c2ccccc2)CC1. The number of amides is 1. The molecule has 1 aliphatic rings. The molecule has 8 heteroatoms. The number of nitrogens with one attached hydrogen (secondary N) is 1. The predicted octanol–water partition coefficient (Wildman–Crippen LogP) is 6.08. The van der Waals surface area contributed by atoms with E-state index in [1.165, 1.54) is 6.07 Å². The Balaban J connectivity index is 1.51. The first-order valence-electron chi connectivity index (χ1n) is 10.5. The summed E-state index contributed by atoms with van der Waals surface area (Å²) < 4.78 is 40.3. The summed E-state index contributed by atoms with van der Waals surface area (Å²) in [5.74, 6) is -0.105. The van der Waals surface area contributed by atoms with Gasteiger partial charge in [-0.15, -0.1) is 0 Å². The first-order valence-corrected chi connectivity index (χ1v) is 10.9. The van der Waals surface area contributed by atoms with E-state index < -0.39 is 11.9 Å². The Kier molecular flexibility index (Phi) is 6.29. The Morgan fingerprint density at radius 1 is 1.06 bits per heavy atom. The van der Waals surface area contributed by atoms with Gasteiger partial charge in [-0.25, -0.2) is 4.98 Å². The summed E-state index contributed by atoms with van der Waals surface area (Å²) in [6.07, 6.45) is -1.53. The van der Waals surface area contributed by atoms with Gasteiger partial charge in [-0.1, -0.05) is 29.8 Å². The Bertz CT molecular complexity index is 1110. The predicted molar refractivity (Wildman–Crippen MR) is 120 cm³/mol. The smallest absolute Gasteiger partial charge is 0.371 e. The minimum atomic E-state index is -4.54. The van der Waals surface area contributed by atoms with Gasteiger partial charge in [-0.2, -0.15) is 13.2 Å². The van der Waals surface area contributed by atoms with Gasteiger partial charge in [-0.05, 0) is 62.1 Å². The third-order valence-corrected chi connectivity index (χ3v) is 6.27. The van der Waals surface area contributed by atoms with Gasteiger partial charge in [0.2, 0.25) is 0 Å². The van der Waals surface area contributed by atoms with Crippen LogP contribution in [0.15, 0.2) is 54.6 Å². The molecule has 4 rings (SSSR count). The van der Waals surface area contributed by atoms with Crippen LogP contribution in [0.2, 0.25) is 5.02 Å². The van der Waals surface area contributed by atoms with Crippen molar-refractivity contribution < 1.29 is 18.0 Å². The van der Waals surface area contributed by atoms with E-state index in [2.05, 4.69) is 10.3 Å². The minimum absolute atomic E-state index is 0.0433. The number of carbonyl (C=O) groups excluding carboxylic acids is 1. The van der Waals surface area contributed by atoms with E-state index in [0.717, 1.165) is 31.7 Å². The number of fused-ring (bicyclic) bond motifs is 1. The van der Waals surface area contributed by atoms with Gasteiger partial charge in [0.25, 0.3) is 5.91 Å². The van der Waals surface area contributed by atoms with E-state index in [1.54, 1.807) is 24.3 Å². The number of hydrogen-bond donors (Lipinski definition) is 1. The highest BCUT2D eigenvalue weighted by atomic mass is 35.5. The van der Waals surface area contributed by atoms with Crippen molar-refractivity contribution in [2.45, 2.75) is 43.9 Å². The maximum atomic E-state index is 13.4. The minimum Gasteiger partial charge on any atom is -0.371 e. The lowest BCUT2D eigenvalue weighted by molar-refractivity contribution is -0.140. The summed E-state index contributed by atoms with van der Waals surface area (Å²) in [4.78, 5) is 18.1. The number of aromatic nitrogens is 1.